The molecular weight excluding hydrogens is 342 g/mol. The highest BCUT2D eigenvalue weighted by Crippen LogP contribution is 2.24. The van der Waals surface area contributed by atoms with Gasteiger partial charge in [0, 0.05) is 12.1 Å². The zero-order valence-electron chi connectivity index (χ0n) is 16.1. The number of H-pyrrole nitrogens is 1. The lowest BCUT2D eigenvalue weighted by Crippen LogP contribution is -2.05. The highest BCUT2D eigenvalue weighted by molar-refractivity contribution is 5.80. The van der Waals surface area contributed by atoms with Gasteiger partial charge in [-0.05, 0) is 74.7 Å². The smallest absolute Gasteiger partial charge is 0.305 e. The normalized spacial score (nSPS) is 11.0. The van der Waals surface area contributed by atoms with E-state index < -0.39 is 0 Å². The molecule has 0 aliphatic rings. The van der Waals surface area contributed by atoms with E-state index in [1.165, 1.54) is 7.11 Å². The number of hydrogen-bond acceptors (Lipinski definition) is 5. The van der Waals surface area contributed by atoms with Gasteiger partial charge in [-0.15, -0.1) is 0 Å². The van der Waals surface area contributed by atoms with Gasteiger partial charge in [0.2, 0.25) is 5.95 Å². The number of ether oxygens (including phenoxy) is 2. The van der Waals surface area contributed by atoms with E-state index in [-0.39, 0.29) is 12.1 Å². The number of benzene rings is 2. The van der Waals surface area contributed by atoms with Crippen LogP contribution in [-0.2, 0) is 16.0 Å². The summed E-state index contributed by atoms with van der Waals surface area (Å²) in [4.78, 5) is 19.3. The number of rotatable bonds is 7. The Labute approximate surface area is 158 Å². The van der Waals surface area contributed by atoms with E-state index in [4.69, 9.17) is 9.47 Å². The van der Waals surface area contributed by atoms with Crippen LogP contribution in [0.3, 0.4) is 0 Å². The lowest BCUT2D eigenvalue weighted by Gasteiger charge is -2.10. The van der Waals surface area contributed by atoms with Gasteiger partial charge in [-0.1, -0.05) is 0 Å². The van der Waals surface area contributed by atoms with Crippen LogP contribution in [0.1, 0.15) is 31.4 Å². The summed E-state index contributed by atoms with van der Waals surface area (Å²) in [7, 11) is 1.41. The number of carbonyl (C=O) groups excluding carboxylic acids is 1. The summed E-state index contributed by atoms with van der Waals surface area (Å²) in [6.45, 7) is 6.04. The van der Waals surface area contributed by atoms with Gasteiger partial charge < -0.3 is 19.8 Å². The van der Waals surface area contributed by atoms with Crippen LogP contribution < -0.4 is 10.1 Å². The molecule has 0 aliphatic carbocycles. The fraction of sp³-hybridized carbons (Fsp3) is 0.333. The van der Waals surface area contributed by atoms with Crippen molar-refractivity contribution in [2.24, 2.45) is 0 Å². The molecule has 0 fully saturated rings. The Morgan fingerprint density at radius 2 is 1.96 bits per heavy atom. The molecular formula is C21H25N3O3. The molecule has 2 N–H and O–H groups in total. The number of hydrogen-bond donors (Lipinski definition) is 2. The van der Waals surface area contributed by atoms with Crippen molar-refractivity contribution in [2.75, 3.05) is 12.4 Å². The number of aromatic amines is 1. The molecule has 0 spiro atoms. The second kappa shape index (κ2) is 8.12. The average molecular weight is 367 g/mol. The quantitative estimate of drug-likeness (QED) is 0.601. The summed E-state index contributed by atoms with van der Waals surface area (Å²) >= 11 is 0. The van der Waals surface area contributed by atoms with Gasteiger partial charge in [0.05, 0.1) is 24.2 Å². The standard InChI is InChI=1S/C21H25N3O3/c1-13(2)27-17-8-6-16(7-9-17)22-21-23-18-11-14(3)15(12-19(18)24-21)5-10-20(25)26-4/h6-9,11-13H,5,10H2,1-4H3,(H2,22,23,24). The Kier molecular flexibility index (Phi) is 5.64. The number of carbonyl (C=O) groups is 1. The van der Waals surface area contributed by atoms with Crippen molar-refractivity contribution < 1.29 is 14.3 Å². The van der Waals surface area contributed by atoms with Gasteiger partial charge in [0.15, 0.2) is 0 Å². The minimum Gasteiger partial charge on any atom is -0.491 e. The second-order valence-corrected chi connectivity index (χ2v) is 6.77. The average Bonchev–Trinajstić information content (AvgIpc) is 3.01. The van der Waals surface area contributed by atoms with Gasteiger partial charge in [0.25, 0.3) is 0 Å². The number of nitrogens with zero attached hydrogens (tertiary/aromatic N) is 1. The molecule has 27 heavy (non-hydrogen) atoms. The van der Waals surface area contributed by atoms with E-state index in [9.17, 15) is 4.79 Å². The molecule has 2 aromatic carbocycles. The molecule has 1 heterocycles. The molecule has 0 aliphatic heterocycles. The summed E-state index contributed by atoms with van der Waals surface area (Å²) in [6, 6.07) is 11.9. The SMILES string of the molecule is COC(=O)CCc1cc2nc(Nc3ccc(OC(C)C)cc3)[nH]c2cc1C. The van der Waals surface area contributed by atoms with Gasteiger partial charge in [0.1, 0.15) is 5.75 Å². The number of nitrogens with one attached hydrogen (secondary N) is 2. The van der Waals surface area contributed by atoms with Crippen LogP contribution >= 0.6 is 0 Å². The van der Waals surface area contributed by atoms with E-state index in [0.29, 0.717) is 18.8 Å². The van der Waals surface area contributed by atoms with Crippen molar-refractivity contribution in [3.63, 3.8) is 0 Å². The molecule has 0 bridgehead atoms. The minimum absolute atomic E-state index is 0.149. The van der Waals surface area contributed by atoms with E-state index in [0.717, 1.165) is 33.6 Å². The molecule has 0 radical (unpaired) electrons. The van der Waals surface area contributed by atoms with E-state index in [1.54, 1.807) is 0 Å². The summed E-state index contributed by atoms with van der Waals surface area (Å²) < 4.78 is 10.4. The van der Waals surface area contributed by atoms with Gasteiger partial charge in [-0.2, -0.15) is 0 Å². The Morgan fingerprint density at radius 3 is 2.63 bits per heavy atom. The van der Waals surface area contributed by atoms with Crippen molar-refractivity contribution in [3.8, 4) is 5.75 Å². The summed E-state index contributed by atoms with van der Waals surface area (Å²) in [5, 5.41) is 3.28. The van der Waals surface area contributed by atoms with E-state index in [1.807, 2.05) is 51.1 Å². The molecule has 0 saturated heterocycles. The van der Waals surface area contributed by atoms with Crippen LogP contribution in [0.4, 0.5) is 11.6 Å². The molecule has 142 valence electrons. The molecule has 0 saturated carbocycles. The number of esters is 1. The number of aryl methyl sites for hydroxylation is 2. The lowest BCUT2D eigenvalue weighted by atomic mass is 10.0. The number of fused-ring (bicyclic) bond motifs is 1. The topological polar surface area (TPSA) is 76.2 Å². The monoisotopic (exact) mass is 367 g/mol. The first-order chi connectivity index (χ1) is 12.9. The maximum absolute atomic E-state index is 11.4. The molecule has 3 rings (SSSR count). The van der Waals surface area contributed by atoms with Crippen molar-refractivity contribution in [1.29, 1.82) is 0 Å². The molecule has 3 aromatic rings. The third-order valence-electron chi connectivity index (χ3n) is 4.25. The zero-order valence-corrected chi connectivity index (χ0v) is 16.1. The van der Waals surface area contributed by atoms with Crippen LogP contribution in [0.5, 0.6) is 5.75 Å². The molecule has 0 unspecified atom stereocenters. The molecule has 1 aromatic heterocycles. The number of methoxy groups -OCH3 is 1. The molecule has 0 amide bonds. The van der Waals surface area contributed by atoms with Gasteiger partial charge in [-0.25, -0.2) is 4.98 Å². The van der Waals surface area contributed by atoms with Crippen molar-refractivity contribution in [2.45, 2.75) is 39.7 Å². The Hall–Kier alpha value is -3.02. The highest BCUT2D eigenvalue weighted by atomic mass is 16.5. The van der Waals surface area contributed by atoms with Gasteiger partial charge in [-0.3, -0.25) is 4.79 Å². The van der Waals surface area contributed by atoms with Crippen molar-refractivity contribution in [1.82, 2.24) is 9.97 Å². The summed E-state index contributed by atoms with van der Waals surface area (Å²) in [6.07, 6.45) is 1.15. The fourth-order valence-electron chi connectivity index (χ4n) is 2.90. The highest BCUT2D eigenvalue weighted by Gasteiger charge is 2.09. The number of anilines is 2. The lowest BCUT2D eigenvalue weighted by molar-refractivity contribution is -0.140. The van der Waals surface area contributed by atoms with Crippen LogP contribution in [-0.4, -0.2) is 29.2 Å². The maximum Gasteiger partial charge on any atom is 0.305 e. The third-order valence-corrected chi connectivity index (χ3v) is 4.25. The predicted octanol–water partition coefficient (Wildman–Crippen LogP) is 4.51. The fourth-order valence-corrected chi connectivity index (χ4v) is 2.90. The van der Waals surface area contributed by atoms with Crippen LogP contribution in [0.2, 0.25) is 0 Å². The van der Waals surface area contributed by atoms with E-state index in [2.05, 4.69) is 21.4 Å². The number of aromatic nitrogens is 2. The molecule has 0 atom stereocenters. The largest absolute Gasteiger partial charge is 0.491 e. The molecule has 6 nitrogen and oxygen atoms in total. The van der Waals surface area contributed by atoms with Gasteiger partial charge >= 0.3 is 5.97 Å². The Bertz CT molecular complexity index is 930. The van der Waals surface area contributed by atoms with E-state index >= 15 is 0 Å². The minimum atomic E-state index is -0.205. The zero-order chi connectivity index (χ0) is 19.4. The summed E-state index contributed by atoms with van der Waals surface area (Å²) in [5.74, 6) is 1.31. The first kappa shape index (κ1) is 18.8. The third kappa shape index (κ3) is 4.78. The number of imidazole rings is 1. The molecule has 6 heteroatoms. The summed E-state index contributed by atoms with van der Waals surface area (Å²) in [5.41, 5.74) is 4.96. The Balaban J connectivity index is 1.75. The maximum atomic E-state index is 11.4. The van der Waals surface area contributed by atoms with Crippen molar-refractivity contribution >= 4 is 28.6 Å². The predicted molar refractivity (Wildman–Crippen MR) is 107 cm³/mol. The van der Waals surface area contributed by atoms with Crippen LogP contribution in [0, 0.1) is 6.92 Å². The first-order valence-corrected chi connectivity index (χ1v) is 9.04. The Morgan fingerprint density at radius 1 is 1.22 bits per heavy atom. The van der Waals surface area contributed by atoms with Crippen LogP contribution in [0.15, 0.2) is 36.4 Å². The van der Waals surface area contributed by atoms with Crippen molar-refractivity contribution in [3.05, 3.63) is 47.5 Å². The second-order valence-electron chi connectivity index (χ2n) is 6.77. The first-order valence-electron chi connectivity index (χ1n) is 9.04. The van der Waals surface area contributed by atoms with Crippen LogP contribution in [0.25, 0.3) is 11.0 Å².